The molecule has 1 aromatic rings. The van der Waals surface area contributed by atoms with E-state index < -0.39 is 5.54 Å². The molecule has 2 N–H and O–H groups in total. The number of rotatable bonds is 4. The Kier molecular flexibility index (Phi) is 3.47. The highest BCUT2D eigenvalue weighted by molar-refractivity contribution is 5.34. The third-order valence-electron chi connectivity index (χ3n) is 2.57. The van der Waals surface area contributed by atoms with Crippen LogP contribution in [-0.4, -0.2) is 26.8 Å². The van der Waals surface area contributed by atoms with Crippen LogP contribution in [0.4, 0.5) is 5.82 Å². The number of hydrogen-bond donors (Lipinski definition) is 2. The highest BCUT2D eigenvalue weighted by atomic mass is 16.3. The predicted octanol–water partition coefficient (Wildman–Crippen LogP) is 0.353. The Hall–Kier alpha value is -1.36. The molecule has 5 heteroatoms. The van der Waals surface area contributed by atoms with Crippen molar-refractivity contribution < 1.29 is 5.11 Å². The van der Waals surface area contributed by atoms with E-state index in [0.717, 1.165) is 0 Å². The van der Waals surface area contributed by atoms with Crippen LogP contribution in [0, 0.1) is 0 Å². The van der Waals surface area contributed by atoms with Crippen molar-refractivity contribution in [1.82, 2.24) is 9.55 Å². The van der Waals surface area contributed by atoms with Gasteiger partial charge >= 0.3 is 0 Å². The van der Waals surface area contributed by atoms with Gasteiger partial charge in [-0.15, -0.1) is 0 Å². The smallest absolute Gasteiger partial charge is 0.293 e. The second kappa shape index (κ2) is 4.44. The fourth-order valence-electron chi connectivity index (χ4n) is 1.11. The molecule has 0 aliphatic heterocycles. The SMILES string of the molecule is CCC(C)(CO)Nc1nccn(C)c1=O. The van der Waals surface area contributed by atoms with E-state index in [4.69, 9.17) is 0 Å². The van der Waals surface area contributed by atoms with Crippen LogP contribution < -0.4 is 10.9 Å². The van der Waals surface area contributed by atoms with Crippen molar-refractivity contribution in [2.24, 2.45) is 7.05 Å². The minimum atomic E-state index is -0.499. The van der Waals surface area contributed by atoms with Crippen LogP contribution in [0.15, 0.2) is 17.2 Å². The maximum atomic E-state index is 11.6. The van der Waals surface area contributed by atoms with Crippen LogP contribution >= 0.6 is 0 Å². The quantitative estimate of drug-likeness (QED) is 0.754. The summed E-state index contributed by atoms with van der Waals surface area (Å²) in [6.07, 6.45) is 3.86. The zero-order valence-electron chi connectivity index (χ0n) is 9.32. The lowest BCUT2D eigenvalue weighted by Gasteiger charge is -2.27. The molecule has 0 fully saturated rings. The zero-order chi connectivity index (χ0) is 11.5. The summed E-state index contributed by atoms with van der Waals surface area (Å²) in [5.41, 5.74) is -0.689. The minimum Gasteiger partial charge on any atom is -0.394 e. The highest BCUT2D eigenvalue weighted by Crippen LogP contribution is 2.12. The van der Waals surface area contributed by atoms with Crippen molar-refractivity contribution in [1.29, 1.82) is 0 Å². The van der Waals surface area contributed by atoms with E-state index >= 15 is 0 Å². The predicted molar refractivity (Wildman–Crippen MR) is 58.9 cm³/mol. The third-order valence-corrected chi connectivity index (χ3v) is 2.57. The molecule has 1 atom stereocenters. The summed E-state index contributed by atoms with van der Waals surface area (Å²) in [6, 6.07) is 0. The van der Waals surface area contributed by atoms with E-state index in [1.165, 1.54) is 4.57 Å². The van der Waals surface area contributed by atoms with Crippen LogP contribution in [0.3, 0.4) is 0 Å². The molecule has 84 valence electrons. The molecule has 0 bridgehead atoms. The topological polar surface area (TPSA) is 67.2 Å². The molecule has 1 rings (SSSR count). The summed E-state index contributed by atoms with van der Waals surface area (Å²) < 4.78 is 1.45. The second-order valence-electron chi connectivity index (χ2n) is 3.89. The molecule has 1 unspecified atom stereocenters. The lowest BCUT2D eigenvalue weighted by molar-refractivity contribution is 0.218. The fraction of sp³-hybridized carbons (Fsp3) is 0.600. The molecule has 0 aromatic carbocycles. The normalized spacial score (nSPS) is 14.7. The van der Waals surface area contributed by atoms with E-state index in [2.05, 4.69) is 10.3 Å². The molecule has 0 aliphatic rings. The Morgan fingerprint density at radius 3 is 2.87 bits per heavy atom. The zero-order valence-corrected chi connectivity index (χ0v) is 9.32. The van der Waals surface area contributed by atoms with Gasteiger partial charge in [0.05, 0.1) is 12.1 Å². The maximum absolute atomic E-state index is 11.6. The maximum Gasteiger partial charge on any atom is 0.293 e. The molecule has 0 spiro atoms. The molecule has 5 nitrogen and oxygen atoms in total. The van der Waals surface area contributed by atoms with Crippen molar-refractivity contribution in [2.45, 2.75) is 25.8 Å². The second-order valence-corrected chi connectivity index (χ2v) is 3.89. The van der Waals surface area contributed by atoms with Crippen LogP contribution in [0.1, 0.15) is 20.3 Å². The molecular weight excluding hydrogens is 194 g/mol. The summed E-state index contributed by atoms with van der Waals surface area (Å²) in [5, 5.41) is 12.2. The molecule has 0 saturated heterocycles. The average molecular weight is 211 g/mol. The van der Waals surface area contributed by atoms with Crippen molar-refractivity contribution >= 4 is 5.82 Å². The van der Waals surface area contributed by atoms with Gasteiger partial charge in [0.25, 0.3) is 5.56 Å². The van der Waals surface area contributed by atoms with E-state index in [1.807, 2.05) is 13.8 Å². The van der Waals surface area contributed by atoms with Crippen LogP contribution in [0.5, 0.6) is 0 Å². The monoisotopic (exact) mass is 211 g/mol. The fourth-order valence-corrected chi connectivity index (χ4v) is 1.11. The largest absolute Gasteiger partial charge is 0.394 e. The number of hydrogen-bond acceptors (Lipinski definition) is 4. The van der Waals surface area contributed by atoms with Gasteiger partial charge in [0, 0.05) is 19.4 Å². The Morgan fingerprint density at radius 2 is 2.33 bits per heavy atom. The summed E-state index contributed by atoms with van der Waals surface area (Å²) >= 11 is 0. The van der Waals surface area contributed by atoms with E-state index in [0.29, 0.717) is 6.42 Å². The first-order chi connectivity index (χ1) is 7.02. The summed E-state index contributed by atoms with van der Waals surface area (Å²) in [4.78, 5) is 15.6. The van der Waals surface area contributed by atoms with Gasteiger partial charge in [-0.2, -0.15) is 0 Å². The lowest BCUT2D eigenvalue weighted by Crippen LogP contribution is -2.41. The van der Waals surface area contributed by atoms with E-state index in [1.54, 1.807) is 19.4 Å². The number of nitrogens with one attached hydrogen (secondary N) is 1. The summed E-state index contributed by atoms with van der Waals surface area (Å²) in [7, 11) is 1.66. The molecule has 0 amide bonds. The molecule has 1 aromatic heterocycles. The number of aromatic nitrogens is 2. The minimum absolute atomic E-state index is 0.0385. The number of aryl methyl sites for hydroxylation is 1. The highest BCUT2D eigenvalue weighted by Gasteiger charge is 2.22. The Morgan fingerprint density at radius 1 is 1.67 bits per heavy atom. The van der Waals surface area contributed by atoms with Gasteiger partial charge in [0.2, 0.25) is 0 Å². The number of aliphatic hydroxyl groups excluding tert-OH is 1. The Bertz CT molecular complexity index is 382. The van der Waals surface area contributed by atoms with Crippen LogP contribution in [0.25, 0.3) is 0 Å². The van der Waals surface area contributed by atoms with Crippen molar-refractivity contribution in [3.63, 3.8) is 0 Å². The van der Waals surface area contributed by atoms with E-state index in [-0.39, 0.29) is 18.0 Å². The van der Waals surface area contributed by atoms with Gasteiger partial charge in [0.1, 0.15) is 0 Å². The standard InChI is InChI=1S/C10H17N3O2/c1-4-10(2,7-14)12-8-9(15)13(3)6-5-11-8/h5-6,14H,4,7H2,1-3H3,(H,11,12). The Labute approximate surface area is 88.8 Å². The first-order valence-electron chi connectivity index (χ1n) is 4.93. The molecule has 1 heterocycles. The third kappa shape index (κ3) is 2.56. The average Bonchev–Trinajstić information content (AvgIpc) is 2.25. The number of nitrogens with zero attached hydrogens (tertiary/aromatic N) is 2. The van der Waals surface area contributed by atoms with Crippen molar-refractivity contribution in [3.05, 3.63) is 22.7 Å². The van der Waals surface area contributed by atoms with Gasteiger partial charge in [0.15, 0.2) is 5.82 Å². The first-order valence-corrected chi connectivity index (χ1v) is 4.93. The molecule has 0 aliphatic carbocycles. The number of anilines is 1. The molecular formula is C10H17N3O2. The van der Waals surface area contributed by atoms with Gasteiger partial charge in [-0.1, -0.05) is 6.92 Å². The lowest BCUT2D eigenvalue weighted by atomic mass is 10.0. The van der Waals surface area contributed by atoms with Crippen molar-refractivity contribution in [3.8, 4) is 0 Å². The number of aliphatic hydroxyl groups is 1. The molecule has 0 radical (unpaired) electrons. The summed E-state index contributed by atoms with van der Waals surface area (Å²) in [6.45, 7) is 3.75. The van der Waals surface area contributed by atoms with Crippen molar-refractivity contribution in [2.75, 3.05) is 11.9 Å². The summed E-state index contributed by atoms with van der Waals surface area (Å²) in [5.74, 6) is 0.276. The van der Waals surface area contributed by atoms with Gasteiger partial charge in [-0.25, -0.2) is 4.98 Å². The van der Waals surface area contributed by atoms with Crippen LogP contribution in [-0.2, 0) is 7.05 Å². The van der Waals surface area contributed by atoms with E-state index in [9.17, 15) is 9.90 Å². The van der Waals surface area contributed by atoms with Gasteiger partial charge in [-0.05, 0) is 13.3 Å². The molecule has 0 saturated carbocycles. The Balaban J connectivity index is 2.99. The first kappa shape index (κ1) is 11.7. The van der Waals surface area contributed by atoms with Crippen LogP contribution in [0.2, 0.25) is 0 Å². The van der Waals surface area contributed by atoms with Gasteiger partial charge < -0.3 is 15.0 Å². The van der Waals surface area contributed by atoms with Gasteiger partial charge in [-0.3, -0.25) is 4.79 Å². The molecule has 15 heavy (non-hydrogen) atoms.